The Labute approximate surface area is 360 Å². The van der Waals surface area contributed by atoms with Crippen molar-refractivity contribution in [2.45, 2.75) is 116 Å². The summed E-state index contributed by atoms with van der Waals surface area (Å²) in [4.78, 5) is 73.1. The molecule has 8 rings (SSSR count). The quantitative estimate of drug-likeness (QED) is 0.105. The van der Waals surface area contributed by atoms with E-state index in [1.54, 1.807) is 11.8 Å². The lowest BCUT2D eigenvalue weighted by atomic mass is 9.92. The number of carbonyl (C=O) groups excluding carboxylic acids is 4. The maximum atomic E-state index is 14.1. The zero-order chi connectivity index (χ0) is 44.0. The highest BCUT2D eigenvalue weighted by Crippen LogP contribution is 2.44. The van der Waals surface area contributed by atoms with E-state index >= 15 is 0 Å². The Balaban J connectivity index is 1.05. The molecular weight excluding hydrogens is 793 g/mol. The third kappa shape index (κ3) is 7.69. The van der Waals surface area contributed by atoms with Crippen molar-refractivity contribution in [3.63, 3.8) is 0 Å². The Morgan fingerprint density at radius 2 is 1.55 bits per heavy atom. The van der Waals surface area contributed by atoms with Crippen LogP contribution >= 0.6 is 0 Å². The summed E-state index contributed by atoms with van der Waals surface area (Å²) in [6.07, 6.45) is 3.79. The Hall–Kier alpha value is -6.16. The van der Waals surface area contributed by atoms with Crippen LogP contribution in [0.25, 0.3) is 44.2 Å². The number of likely N-dealkylation sites (tertiary alicyclic amines) is 2. The third-order valence-corrected chi connectivity index (χ3v) is 13.0. The second-order valence-electron chi connectivity index (χ2n) is 17.0. The van der Waals surface area contributed by atoms with Gasteiger partial charge in [-0.1, -0.05) is 39.0 Å². The summed E-state index contributed by atoms with van der Waals surface area (Å²) in [6, 6.07) is 12.3. The maximum Gasteiger partial charge on any atom is 0.407 e. The van der Waals surface area contributed by atoms with E-state index in [4.69, 9.17) is 28.9 Å². The summed E-state index contributed by atoms with van der Waals surface area (Å²) in [5.74, 6) is 1.62. The minimum Gasteiger partial charge on any atom is -0.488 e. The normalized spacial score (nSPS) is 21.0. The van der Waals surface area contributed by atoms with E-state index < -0.39 is 30.4 Å². The van der Waals surface area contributed by atoms with E-state index in [1.165, 1.54) is 21.3 Å². The number of hydrogen-bond acceptors (Lipinski definition) is 10. The molecule has 3 aliphatic rings. The predicted octanol–water partition coefficient (Wildman–Crippen LogP) is 7.30. The largest absolute Gasteiger partial charge is 0.488 e. The van der Waals surface area contributed by atoms with Gasteiger partial charge in [0.2, 0.25) is 11.8 Å². The van der Waals surface area contributed by atoms with E-state index in [1.807, 2.05) is 37.9 Å². The number of H-pyrrole nitrogens is 2. The number of rotatable bonds is 11. The number of imidazole rings is 2. The molecule has 0 spiro atoms. The number of aromatic amines is 2. The minimum atomic E-state index is -0.934. The highest BCUT2D eigenvalue weighted by atomic mass is 16.5. The van der Waals surface area contributed by atoms with Crippen molar-refractivity contribution in [3.8, 4) is 28.1 Å². The van der Waals surface area contributed by atoms with Gasteiger partial charge < -0.3 is 49.3 Å². The number of aromatic nitrogens is 4. The number of carbonyl (C=O) groups is 4. The lowest BCUT2D eigenvalue weighted by Gasteiger charge is -2.34. The number of alkyl carbamates (subject to hydrolysis) is 2. The molecule has 4 amide bonds. The predicted molar refractivity (Wildman–Crippen MR) is 232 cm³/mol. The fraction of sp³-hybridized carbons (Fsp3) is 0.478. The molecule has 0 aliphatic carbocycles. The molecule has 0 saturated carbocycles. The summed E-state index contributed by atoms with van der Waals surface area (Å²) in [7, 11) is 4.06. The number of benzene rings is 3. The fourth-order valence-corrected chi connectivity index (χ4v) is 9.52. The molecule has 328 valence electrons. The molecule has 5 aromatic rings. The van der Waals surface area contributed by atoms with E-state index in [0.29, 0.717) is 24.7 Å². The number of nitrogens with zero attached hydrogens (tertiary/aromatic N) is 4. The van der Waals surface area contributed by atoms with Gasteiger partial charge in [0.25, 0.3) is 0 Å². The molecular formula is C46H56N8O8. The SMILES string of the molecule is CC[C@H]1CC[C@@H](c2ncc(-c3ccc4c(c3)COc3cc5c(ccc6[nH]c([C@@H]7CC[C@H](C)N7C(=O)C(NC(=O)OC)C(C)OC)nc65)cc3-4)[nH]2)N1C(=O)C(NC(=O)OC)C(C)C. The second kappa shape index (κ2) is 17.3. The van der Waals surface area contributed by atoms with Crippen LogP contribution < -0.4 is 15.4 Å². The van der Waals surface area contributed by atoms with Crippen LogP contribution in [0, 0.1) is 5.92 Å². The van der Waals surface area contributed by atoms with Crippen LogP contribution in [0.2, 0.25) is 0 Å². The molecule has 7 atom stereocenters. The van der Waals surface area contributed by atoms with Crippen molar-refractivity contribution in [3.05, 3.63) is 65.9 Å². The Kier molecular flexibility index (Phi) is 11.9. The zero-order valence-electron chi connectivity index (χ0n) is 36.5. The van der Waals surface area contributed by atoms with Crippen LogP contribution in [-0.2, 0) is 30.4 Å². The first-order valence-electron chi connectivity index (χ1n) is 21.5. The van der Waals surface area contributed by atoms with Crippen LogP contribution in [0.15, 0.2) is 48.7 Å². The standard InChI is InChI=1S/C46H56N8O8/c1-9-29-13-17-35(54(29)43(55)38(23(2)3)51-45(57)60-7)41-47-21-34(49-41)27-11-14-30-28(18-27)22-62-37-20-31-26(19-32(30)37)12-15-33-40(31)50-42(48-33)36-16-10-24(4)53(36)44(56)39(25(5)59-6)52-46(58)61-8/h11-12,14-15,18-21,23-25,29,35-36,38-39H,9-10,13,16-17,22H2,1-8H3,(H,47,49)(H,48,50)(H,51,57)(H,52,58)/t24-,25?,29-,35-,36-,38?,39?/m0/s1. The monoisotopic (exact) mass is 848 g/mol. The molecule has 0 bridgehead atoms. The Morgan fingerprint density at radius 1 is 0.839 bits per heavy atom. The summed E-state index contributed by atoms with van der Waals surface area (Å²) in [5, 5.41) is 7.34. The highest BCUT2D eigenvalue weighted by Gasteiger charge is 2.44. The molecule has 62 heavy (non-hydrogen) atoms. The molecule has 3 unspecified atom stereocenters. The number of amides is 4. The average molecular weight is 849 g/mol. The Morgan fingerprint density at radius 3 is 2.26 bits per heavy atom. The third-order valence-electron chi connectivity index (χ3n) is 13.0. The molecule has 0 radical (unpaired) electrons. The van der Waals surface area contributed by atoms with E-state index in [-0.39, 0.29) is 41.9 Å². The second-order valence-corrected chi connectivity index (χ2v) is 17.0. The minimum absolute atomic E-state index is 0.0312. The molecule has 3 aromatic carbocycles. The van der Waals surface area contributed by atoms with Crippen LogP contribution in [0.3, 0.4) is 0 Å². The van der Waals surface area contributed by atoms with Crippen LogP contribution in [0.4, 0.5) is 9.59 Å². The number of methoxy groups -OCH3 is 3. The molecule has 4 N–H and O–H groups in total. The summed E-state index contributed by atoms with van der Waals surface area (Å²) >= 11 is 0. The van der Waals surface area contributed by atoms with Crippen molar-refractivity contribution in [2.75, 3.05) is 21.3 Å². The van der Waals surface area contributed by atoms with Crippen LogP contribution in [-0.4, -0.2) is 105 Å². The Bertz CT molecular complexity index is 2510. The zero-order valence-corrected chi connectivity index (χ0v) is 36.5. The highest BCUT2D eigenvalue weighted by molar-refractivity contribution is 6.07. The van der Waals surface area contributed by atoms with Crippen LogP contribution in [0.5, 0.6) is 5.75 Å². The van der Waals surface area contributed by atoms with Gasteiger partial charge in [0.05, 0.1) is 55.3 Å². The summed E-state index contributed by atoms with van der Waals surface area (Å²) in [6.45, 7) is 10.0. The topological polar surface area (TPSA) is 193 Å². The van der Waals surface area contributed by atoms with Crippen molar-refractivity contribution in [1.82, 2.24) is 40.4 Å². The average Bonchev–Trinajstić information content (AvgIpc) is 4.11. The number of ether oxygens (including phenoxy) is 4. The van der Waals surface area contributed by atoms with Gasteiger partial charge in [0.15, 0.2) is 0 Å². The van der Waals surface area contributed by atoms with Gasteiger partial charge in [-0.15, -0.1) is 0 Å². The van der Waals surface area contributed by atoms with Crippen molar-refractivity contribution >= 4 is 45.8 Å². The summed E-state index contributed by atoms with van der Waals surface area (Å²) in [5.41, 5.74) is 6.52. The molecule has 2 saturated heterocycles. The van der Waals surface area contributed by atoms with Crippen molar-refractivity contribution in [1.29, 1.82) is 0 Å². The molecule has 3 aliphatic heterocycles. The lowest BCUT2D eigenvalue weighted by molar-refractivity contribution is -0.139. The van der Waals surface area contributed by atoms with Gasteiger partial charge in [-0.3, -0.25) is 9.59 Å². The molecule has 16 nitrogen and oxygen atoms in total. The van der Waals surface area contributed by atoms with Gasteiger partial charge in [-0.25, -0.2) is 19.6 Å². The van der Waals surface area contributed by atoms with Crippen molar-refractivity contribution < 1.29 is 38.1 Å². The maximum absolute atomic E-state index is 14.1. The first kappa shape index (κ1) is 42.5. The first-order valence-corrected chi connectivity index (χ1v) is 21.5. The van der Waals surface area contributed by atoms with Crippen LogP contribution in [0.1, 0.15) is 96.0 Å². The van der Waals surface area contributed by atoms with Crippen molar-refractivity contribution in [2.24, 2.45) is 5.92 Å². The van der Waals surface area contributed by atoms with E-state index in [0.717, 1.165) is 81.2 Å². The number of hydrogen-bond donors (Lipinski definition) is 4. The molecule has 5 heterocycles. The molecule has 16 heteroatoms. The molecule has 2 aromatic heterocycles. The van der Waals surface area contributed by atoms with Gasteiger partial charge in [-0.2, -0.15) is 0 Å². The number of fused-ring (bicyclic) bond motifs is 6. The van der Waals surface area contributed by atoms with Gasteiger partial charge in [-0.05, 0) is 98.2 Å². The number of nitrogens with one attached hydrogen (secondary N) is 4. The van der Waals surface area contributed by atoms with E-state index in [9.17, 15) is 19.2 Å². The van der Waals surface area contributed by atoms with Gasteiger partial charge >= 0.3 is 12.2 Å². The van der Waals surface area contributed by atoms with Gasteiger partial charge in [0.1, 0.15) is 36.1 Å². The van der Waals surface area contributed by atoms with Gasteiger partial charge in [0, 0.05) is 30.1 Å². The smallest absolute Gasteiger partial charge is 0.407 e. The summed E-state index contributed by atoms with van der Waals surface area (Å²) < 4.78 is 21.6. The molecule has 2 fully saturated rings. The first-order chi connectivity index (χ1) is 29.8. The lowest BCUT2D eigenvalue weighted by Crippen LogP contribution is -2.55. The van der Waals surface area contributed by atoms with E-state index in [2.05, 4.69) is 63.9 Å². The fourth-order valence-electron chi connectivity index (χ4n) is 9.52.